The molecule has 4 rings (SSSR count). The minimum absolute atomic E-state index is 0.0518. The van der Waals surface area contributed by atoms with Gasteiger partial charge in [-0.25, -0.2) is 14.3 Å². The summed E-state index contributed by atoms with van der Waals surface area (Å²) in [5.74, 6) is -0.562. The van der Waals surface area contributed by atoms with Crippen LogP contribution < -0.4 is 16.6 Å². The van der Waals surface area contributed by atoms with Crippen LogP contribution in [0.1, 0.15) is 17.2 Å². The summed E-state index contributed by atoms with van der Waals surface area (Å²) in [6.45, 7) is 0.358. The summed E-state index contributed by atoms with van der Waals surface area (Å²) in [7, 11) is 1.55. The van der Waals surface area contributed by atoms with Gasteiger partial charge < -0.3 is 19.7 Å². The second-order valence-electron chi connectivity index (χ2n) is 8.08. The van der Waals surface area contributed by atoms with E-state index >= 15 is 0 Å². The summed E-state index contributed by atoms with van der Waals surface area (Å²) in [5, 5.41) is 12.9. The first kappa shape index (κ1) is 24.1. The van der Waals surface area contributed by atoms with Crippen molar-refractivity contribution in [3.63, 3.8) is 0 Å². The van der Waals surface area contributed by atoms with Crippen LogP contribution in [-0.4, -0.2) is 50.0 Å². The van der Waals surface area contributed by atoms with Crippen molar-refractivity contribution in [3.05, 3.63) is 99.0 Å². The van der Waals surface area contributed by atoms with Crippen molar-refractivity contribution in [3.8, 4) is 0 Å². The molecule has 0 aliphatic heterocycles. The van der Waals surface area contributed by atoms with Crippen LogP contribution in [0.15, 0.2) is 76.6 Å². The molecule has 0 spiro atoms. The van der Waals surface area contributed by atoms with Crippen LogP contribution in [0.2, 0.25) is 0 Å². The highest BCUT2D eigenvalue weighted by Gasteiger charge is 2.20. The number of amides is 1. The van der Waals surface area contributed by atoms with Gasteiger partial charge in [0, 0.05) is 20.2 Å². The number of rotatable bonds is 10. The Hall–Kier alpha value is -4.02. The Morgan fingerprint density at radius 1 is 1.06 bits per heavy atom. The number of carbonyl (C=O) groups is 1. The molecule has 0 bridgehead atoms. The molecule has 1 atom stereocenters. The number of fused-ring (bicyclic) bond motifs is 1. The van der Waals surface area contributed by atoms with E-state index in [2.05, 4.69) is 10.3 Å². The van der Waals surface area contributed by atoms with Crippen LogP contribution in [0.5, 0.6) is 0 Å². The lowest BCUT2D eigenvalue weighted by molar-refractivity contribution is -0.122. The summed E-state index contributed by atoms with van der Waals surface area (Å²) in [6, 6.07) is 18.2. The Kier molecular flexibility index (Phi) is 7.54. The van der Waals surface area contributed by atoms with E-state index in [4.69, 9.17) is 4.74 Å². The zero-order valence-electron chi connectivity index (χ0n) is 19.3. The number of imidazole rings is 1. The molecule has 0 aliphatic carbocycles. The number of nitrogens with zero attached hydrogens (tertiary/aromatic N) is 4. The smallest absolute Gasteiger partial charge is 0.333 e. The highest BCUT2D eigenvalue weighted by atomic mass is 16.5. The minimum atomic E-state index is -0.912. The number of carbonyl (C=O) groups excluding carboxylic acids is 1. The van der Waals surface area contributed by atoms with Gasteiger partial charge in [0.25, 0.3) is 5.56 Å². The van der Waals surface area contributed by atoms with Crippen LogP contribution in [-0.2, 0) is 29.2 Å². The Balaban J connectivity index is 1.66. The van der Waals surface area contributed by atoms with Crippen LogP contribution >= 0.6 is 0 Å². The fraction of sp³-hybridized carbons (Fsp3) is 0.280. The molecule has 0 saturated carbocycles. The Labute approximate surface area is 201 Å². The summed E-state index contributed by atoms with van der Waals surface area (Å²) in [6.07, 6.45) is 0.580. The number of methoxy groups -OCH3 is 1. The average molecular weight is 478 g/mol. The van der Waals surface area contributed by atoms with Gasteiger partial charge in [0.2, 0.25) is 5.91 Å². The van der Waals surface area contributed by atoms with Gasteiger partial charge in [-0.05, 0) is 11.1 Å². The third kappa shape index (κ3) is 5.39. The lowest BCUT2D eigenvalue weighted by Gasteiger charge is -2.14. The SMILES string of the molecule is COCCn1cnc2c1c(=O)n(CC(=O)NCC(O)c1ccccc1)c(=O)n2Cc1ccccc1. The van der Waals surface area contributed by atoms with E-state index in [1.807, 2.05) is 36.4 Å². The van der Waals surface area contributed by atoms with Crippen LogP contribution in [0.4, 0.5) is 0 Å². The molecule has 0 saturated heterocycles. The number of hydrogen-bond donors (Lipinski definition) is 2. The molecule has 10 heteroatoms. The first-order valence-electron chi connectivity index (χ1n) is 11.2. The number of aliphatic hydroxyl groups excluding tert-OH is 1. The summed E-state index contributed by atoms with van der Waals surface area (Å²) in [5.41, 5.74) is 0.719. The molecule has 0 aliphatic rings. The molecule has 2 heterocycles. The number of benzene rings is 2. The number of aliphatic hydroxyl groups is 1. The summed E-state index contributed by atoms with van der Waals surface area (Å²) >= 11 is 0. The topological polar surface area (TPSA) is 120 Å². The van der Waals surface area contributed by atoms with E-state index in [1.165, 1.54) is 10.9 Å². The lowest BCUT2D eigenvalue weighted by Crippen LogP contribution is -2.45. The second kappa shape index (κ2) is 10.9. The van der Waals surface area contributed by atoms with Crippen molar-refractivity contribution in [2.75, 3.05) is 20.3 Å². The largest absolute Gasteiger partial charge is 0.387 e. The van der Waals surface area contributed by atoms with Crippen LogP contribution in [0.3, 0.4) is 0 Å². The Bertz CT molecular complexity index is 1410. The molecule has 0 fully saturated rings. The van der Waals surface area contributed by atoms with Gasteiger partial charge in [-0.3, -0.25) is 14.2 Å². The van der Waals surface area contributed by atoms with Gasteiger partial charge in [-0.15, -0.1) is 0 Å². The number of hydrogen-bond acceptors (Lipinski definition) is 6. The molecule has 35 heavy (non-hydrogen) atoms. The van der Waals surface area contributed by atoms with E-state index in [9.17, 15) is 19.5 Å². The zero-order chi connectivity index (χ0) is 24.8. The first-order chi connectivity index (χ1) is 17.0. The number of aromatic nitrogens is 4. The molecule has 182 valence electrons. The molecule has 2 aromatic carbocycles. The third-order valence-electron chi connectivity index (χ3n) is 5.68. The van der Waals surface area contributed by atoms with Gasteiger partial charge in [0.1, 0.15) is 6.54 Å². The van der Waals surface area contributed by atoms with E-state index in [0.29, 0.717) is 18.7 Å². The monoisotopic (exact) mass is 477 g/mol. The molecule has 4 aromatic rings. The minimum Gasteiger partial charge on any atom is -0.387 e. The van der Waals surface area contributed by atoms with Gasteiger partial charge in [0.15, 0.2) is 11.2 Å². The average Bonchev–Trinajstić information content (AvgIpc) is 3.31. The van der Waals surface area contributed by atoms with E-state index in [1.54, 1.807) is 35.9 Å². The molecule has 2 aromatic heterocycles. The molecular weight excluding hydrogens is 450 g/mol. The van der Waals surface area contributed by atoms with E-state index in [-0.39, 0.29) is 24.3 Å². The first-order valence-corrected chi connectivity index (χ1v) is 11.2. The van der Waals surface area contributed by atoms with E-state index in [0.717, 1.165) is 10.1 Å². The predicted molar refractivity (Wildman–Crippen MR) is 130 cm³/mol. The fourth-order valence-corrected chi connectivity index (χ4v) is 3.85. The van der Waals surface area contributed by atoms with Crippen molar-refractivity contribution in [2.45, 2.75) is 25.7 Å². The molecule has 0 radical (unpaired) electrons. The normalized spacial score (nSPS) is 12.1. The fourth-order valence-electron chi connectivity index (χ4n) is 3.85. The van der Waals surface area contributed by atoms with Gasteiger partial charge in [-0.2, -0.15) is 0 Å². The standard InChI is InChI=1S/C25H27N5O5/c1-35-13-12-28-17-27-23-22(28)24(33)30(25(34)29(23)15-18-8-4-2-5-9-18)16-21(32)26-14-20(31)19-10-6-3-7-11-19/h2-11,17,20,31H,12-16H2,1H3,(H,26,32). The van der Waals surface area contributed by atoms with Crippen molar-refractivity contribution in [1.82, 2.24) is 24.0 Å². The quantitative estimate of drug-likeness (QED) is 0.350. The zero-order valence-corrected chi connectivity index (χ0v) is 19.3. The Morgan fingerprint density at radius 3 is 2.43 bits per heavy atom. The second-order valence-corrected chi connectivity index (χ2v) is 8.08. The van der Waals surface area contributed by atoms with Gasteiger partial charge in [0.05, 0.1) is 25.6 Å². The van der Waals surface area contributed by atoms with Crippen LogP contribution in [0.25, 0.3) is 11.2 Å². The van der Waals surface area contributed by atoms with Crippen molar-refractivity contribution in [2.24, 2.45) is 0 Å². The molecule has 10 nitrogen and oxygen atoms in total. The third-order valence-corrected chi connectivity index (χ3v) is 5.68. The molecule has 1 unspecified atom stereocenters. The van der Waals surface area contributed by atoms with Crippen LogP contribution in [0, 0.1) is 0 Å². The highest BCUT2D eigenvalue weighted by Crippen LogP contribution is 2.11. The highest BCUT2D eigenvalue weighted by molar-refractivity contribution is 5.76. The summed E-state index contributed by atoms with van der Waals surface area (Å²) in [4.78, 5) is 43.7. The van der Waals surface area contributed by atoms with Crippen molar-refractivity contribution < 1.29 is 14.6 Å². The van der Waals surface area contributed by atoms with Gasteiger partial charge >= 0.3 is 5.69 Å². The number of ether oxygens (including phenoxy) is 1. The Morgan fingerprint density at radius 2 is 1.74 bits per heavy atom. The van der Waals surface area contributed by atoms with Crippen molar-refractivity contribution >= 4 is 17.1 Å². The maximum absolute atomic E-state index is 13.3. The maximum Gasteiger partial charge on any atom is 0.333 e. The molecule has 2 N–H and O–H groups in total. The van der Waals surface area contributed by atoms with Crippen molar-refractivity contribution in [1.29, 1.82) is 0 Å². The summed E-state index contributed by atoms with van der Waals surface area (Å²) < 4.78 is 9.04. The lowest BCUT2D eigenvalue weighted by atomic mass is 10.1. The van der Waals surface area contributed by atoms with Gasteiger partial charge in [-0.1, -0.05) is 60.7 Å². The molecular formula is C25H27N5O5. The number of nitrogens with one attached hydrogen (secondary N) is 1. The molecule has 1 amide bonds. The maximum atomic E-state index is 13.3. The van der Waals surface area contributed by atoms with E-state index < -0.39 is 29.8 Å². The predicted octanol–water partition coefficient (Wildman–Crippen LogP) is 0.904.